The van der Waals surface area contributed by atoms with E-state index in [9.17, 15) is 0 Å². The van der Waals surface area contributed by atoms with E-state index in [-0.39, 0.29) is 6.10 Å². The lowest BCUT2D eigenvalue weighted by atomic mass is 10.2. The molecule has 8 heteroatoms. The number of nitrogens with zero attached hydrogens (tertiary/aromatic N) is 3. The summed E-state index contributed by atoms with van der Waals surface area (Å²) < 4.78 is 19.5. The average molecular weight is 354 g/mol. The highest BCUT2D eigenvalue weighted by molar-refractivity contribution is 6.38. The molecule has 4 rings (SSSR count). The molecule has 0 amide bonds. The molecule has 3 aromatic rings. The van der Waals surface area contributed by atoms with Crippen molar-refractivity contribution in [3.8, 4) is 0 Å². The van der Waals surface area contributed by atoms with Crippen LogP contribution in [0.25, 0.3) is 11.0 Å². The molecule has 0 radical (unpaired) electrons. The van der Waals surface area contributed by atoms with Gasteiger partial charge in [-0.3, -0.25) is 0 Å². The molecule has 0 spiro atoms. The van der Waals surface area contributed by atoms with E-state index in [0.29, 0.717) is 34.5 Å². The first-order valence-electron chi connectivity index (χ1n) is 7.09. The second-order valence-corrected chi connectivity index (χ2v) is 6.35. The normalized spacial score (nSPS) is 24.6. The lowest BCUT2D eigenvalue weighted by Gasteiger charge is -2.25. The molecule has 0 N–H and O–H groups in total. The Hall–Kier alpha value is -1.60. The van der Waals surface area contributed by atoms with Crippen LogP contribution in [0.2, 0.25) is 10.0 Å². The highest BCUT2D eigenvalue weighted by atomic mass is 35.5. The number of benzene rings is 1. The van der Waals surface area contributed by atoms with Crippen molar-refractivity contribution in [1.82, 2.24) is 14.8 Å². The summed E-state index contributed by atoms with van der Waals surface area (Å²) in [6, 6.07) is 5.27. The zero-order valence-electron chi connectivity index (χ0n) is 12.2. The maximum atomic E-state index is 6.21. The lowest BCUT2D eigenvalue weighted by molar-refractivity contribution is -0.198. The summed E-state index contributed by atoms with van der Waals surface area (Å²) >= 11 is 12.3. The predicted molar refractivity (Wildman–Crippen MR) is 84.4 cm³/mol. The monoisotopic (exact) mass is 353 g/mol. The Bertz CT molecular complexity index is 849. The molecule has 0 aliphatic carbocycles. The van der Waals surface area contributed by atoms with Crippen LogP contribution in [0.5, 0.6) is 0 Å². The Morgan fingerprint density at radius 3 is 2.91 bits per heavy atom. The third-order valence-corrected chi connectivity index (χ3v) is 4.19. The maximum absolute atomic E-state index is 6.21. The van der Waals surface area contributed by atoms with Gasteiger partial charge in [-0.1, -0.05) is 23.2 Å². The quantitative estimate of drug-likeness (QED) is 0.719. The van der Waals surface area contributed by atoms with Gasteiger partial charge in [-0.15, -0.1) is 0 Å². The third kappa shape index (κ3) is 2.61. The van der Waals surface area contributed by atoms with Crippen LogP contribution in [-0.2, 0) is 21.8 Å². The Balaban J connectivity index is 1.82. The minimum Gasteiger partial charge on any atom is -0.454 e. The third-order valence-electron chi connectivity index (χ3n) is 3.69. The van der Waals surface area contributed by atoms with Crippen molar-refractivity contribution in [2.45, 2.75) is 25.4 Å². The Morgan fingerprint density at radius 1 is 1.35 bits per heavy atom. The zero-order chi connectivity index (χ0) is 16.0. The van der Waals surface area contributed by atoms with Gasteiger partial charge in [0.25, 0.3) is 0 Å². The summed E-state index contributed by atoms with van der Waals surface area (Å²) in [5, 5.41) is 5.90. The maximum Gasteiger partial charge on any atom is 0.249 e. The SMILES string of the molecule is CC1COC(Cn2cncn2)(c2cc3cc(Cl)cc(Cl)c3o2)O1. The molecule has 1 aliphatic heterocycles. The standard InChI is InChI=1S/C15H13Cl2N3O3/c1-9-5-21-15(23-9,6-20-8-18-7-19-20)13-3-10-2-11(16)4-12(17)14(10)22-13/h2-4,7-9H,5-6H2,1H3. The van der Waals surface area contributed by atoms with Gasteiger partial charge in [-0.05, 0) is 25.1 Å². The van der Waals surface area contributed by atoms with Crippen molar-refractivity contribution in [2.75, 3.05) is 6.61 Å². The second-order valence-electron chi connectivity index (χ2n) is 5.50. The van der Waals surface area contributed by atoms with Gasteiger partial charge in [-0.25, -0.2) is 9.67 Å². The number of ether oxygens (including phenoxy) is 2. The van der Waals surface area contributed by atoms with Crippen molar-refractivity contribution < 1.29 is 13.9 Å². The minimum absolute atomic E-state index is 0.0641. The van der Waals surface area contributed by atoms with E-state index in [1.165, 1.54) is 6.33 Å². The number of furan rings is 1. The largest absolute Gasteiger partial charge is 0.454 e. The Labute approximate surface area is 141 Å². The second kappa shape index (κ2) is 5.49. The fourth-order valence-electron chi connectivity index (χ4n) is 2.73. The Morgan fingerprint density at radius 2 is 2.22 bits per heavy atom. The van der Waals surface area contributed by atoms with Crippen molar-refractivity contribution in [3.63, 3.8) is 0 Å². The molecular weight excluding hydrogens is 341 g/mol. The summed E-state index contributed by atoms with van der Waals surface area (Å²) in [4.78, 5) is 3.95. The fraction of sp³-hybridized carbons (Fsp3) is 0.333. The lowest BCUT2D eigenvalue weighted by Crippen LogP contribution is -2.33. The summed E-state index contributed by atoms with van der Waals surface area (Å²) in [5.41, 5.74) is 0.552. The summed E-state index contributed by atoms with van der Waals surface area (Å²) in [5.74, 6) is -0.543. The molecule has 1 fully saturated rings. The Kier molecular flexibility index (Phi) is 3.57. The zero-order valence-corrected chi connectivity index (χ0v) is 13.7. The molecule has 0 bridgehead atoms. The van der Waals surface area contributed by atoms with E-state index in [0.717, 1.165) is 5.39 Å². The molecule has 1 saturated heterocycles. The van der Waals surface area contributed by atoms with Gasteiger partial charge in [-0.2, -0.15) is 5.10 Å². The molecule has 0 saturated carbocycles. The van der Waals surface area contributed by atoms with Gasteiger partial charge < -0.3 is 13.9 Å². The highest BCUT2D eigenvalue weighted by Crippen LogP contribution is 2.40. The topological polar surface area (TPSA) is 62.3 Å². The average Bonchev–Trinajstić information content (AvgIpc) is 3.19. The van der Waals surface area contributed by atoms with Crippen LogP contribution in [0.15, 0.2) is 35.3 Å². The van der Waals surface area contributed by atoms with E-state index in [1.807, 2.05) is 13.0 Å². The summed E-state index contributed by atoms with van der Waals surface area (Å²) in [6.07, 6.45) is 3.00. The highest BCUT2D eigenvalue weighted by Gasteiger charge is 2.45. The summed E-state index contributed by atoms with van der Waals surface area (Å²) in [6.45, 7) is 2.72. The molecule has 2 aromatic heterocycles. The number of hydrogen-bond donors (Lipinski definition) is 0. The van der Waals surface area contributed by atoms with Crippen molar-refractivity contribution in [1.29, 1.82) is 0 Å². The van der Waals surface area contributed by atoms with Crippen molar-refractivity contribution >= 4 is 34.2 Å². The smallest absolute Gasteiger partial charge is 0.249 e. The van der Waals surface area contributed by atoms with Crippen LogP contribution in [-0.4, -0.2) is 27.5 Å². The van der Waals surface area contributed by atoms with Gasteiger partial charge in [0.2, 0.25) is 5.79 Å². The minimum atomic E-state index is -1.07. The first-order chi connectivity index (χ1) is 11.1. The van der Waals surface area contributed by atoms with Crippen LogP contribution >= 0.6 is 23.2 Å². The van der Waals surface area contributed by atoms with E-state index < -0.39 is 5.79 Å². The molecule has 2 atom stereocenters. The molecule has 2 unspecified atom stereocenters. The first-order valence-corrected chi connectivity index (χ1v) is 7.84. The van der Waals surface area contributed by atoms with Crippen LogP contribution in [0.4, 0.5) is 0 Å². The van der Waals surface area contributed by atoms with Gasteiger partial charge in [0.05, 0.1) is 17.7 Å². The number of halogens is 2. The van der Waals surface area contributed by atoms with Crippen LogP contribution in [0, 0.1) is 0 Å². The summed E-state index contributed by atoms with van der Waals surface area (Å²) in [7, 11) is 0. The molecule has 3 heterocycles. The van der Waals surface area contributed by atoms with E-state index in [4.69, 9.17) is 37.1 Å². The van der Waals surface area contributed by atoms with Gasteiger partial charge in [0, 0.05) is 10.4 Å². The van der Waals surface area contributed by atoms with Gasteiger partial charge in [0.15, 0.2) is 11.3 Å². The number of fused-ring (bicyclic) bond motifs is 1. The molecule has 1 aliphatic rings. The fourth-order valence-corrected chi connectivity index (χ4v) is 3.27. The molecule has 120 valence electrons. The molecule has 6 nitrogen and oxygen atoms in total. The predicted octanol–water partition coefficient (Wildman–Crippen LogP) is 3.62. The molecule has 1 aromatic carbocycles. The molecule has 23 heavy (non-hydrogen) atoms. The van der Waals surface area contributed by atoms with Gasteiger partial charge in [0.1, 0.15) is 19.2 Å². The number of hydrogen-bond acceptors (Lipinski definition) is 5. The number of rotatable bonds is 3. The number of aromatic nitrogens is 3. The molecular formula is C15H13Cl2N3O3. The van der Waals surface area contributed by atoms with E-state index in [2.05, 4.69) is 10.1 Å². The van der Waals surface area contributed by atoms with E-state index >= 15 is 0 Å². The van der Waals surface area contributed by atoms with Crippen LogP contribution in [0.3, 0.4) is 0 Å². The van der Waals surface area contributed by atoms with Crippen LogP contribution < -0.4 is 0 Å². The van der Waals surface area contributed by atoms with Crippen molar-refractivity contribution in [3.05, 3.63) is 46.7 Å². The van der Waals surface area contributed by atoms with Crippen molar-refractivity contribution in [2.24, 2.45) is 0 Å². The van der Waals surface area contributed by atoms with E-state index in [1.54, 1.807) is 23.1 Å². The van der Waals surface area contributed by atoms with Crippen LogP contribution in [0.1, 0.15) is 12.7 Å². The first kappa shape index (κ1) is 15.0. The van der Waals surface area contributed by atoms with Gasteiger partial charge >= 0.3 is 0 Å².